The highest BCUT2D eigenvalue weighted by molar-refractivity contribution is 5.81. The van der Waals surface area contributed by atoms with E-state index in [0.717, 1.165) is 22.2 Å². The maximum absolute atomic E-state index is 9.48. The molecule has 0 atom stereocenters. The average molecular weight is 322 g/mol. The van der Waals surface area contributed by atoms with Gasteiger partial charge < -0.3 is 0 Å². The van der Waals surface area contributed by atoms with Crippen molar-refractivity contribution in [3.63, 3.8) is 0 Å². The Morgan fingerprint density at radius 1 is 0.760 bits per heavy atom. The number of aromatic nitrogens is 3. The second-order valence-corrected chi connectivity index (χ2v) is 5.61. The maximum atomic E-state index is 9.48. The van der Waals surface area contributed by atoms with Crippen molar-refractivity contribution in [2.24, 2.45) is 0 Å². The van der Waals surface area contributed by atoms with Gasteiger partial charge >= 0.3 is 0 Å². The zero-order valence-corrected chi connectivity index (χ0v) is 13.4. The van der Waals surface area contributed by atoms with Crippen LogP contribution in [0.1, 0.15) is 5.56 Å². The van der Waals surface area contributed by atoms with Gasteiger partial charge in [-0.05, 0) is 34.9 Å². The van der Waals surface area contributed by atoms with E-state index < -0.39 is 0 Å². The Bertz CT molecular complexity index is 1050. The van der Waals surface area contributed by atoms with Gasteiger partial charge in [-0.3, -0.25) is 0 Å². The van der Waals surface area contributed by atoms with Crippen molar-refractivity contribution in [2.45, 2.75) is 0 Å². The summed E-state index contributed by atoms with van der Waals surface area (Å²) >= 11 is 0. The Labute approximate surface area is 145 Å². The van der Waals surface area contributed by atoms with Crippen molar-refractivity contribution < 1.29 is 0 Å². The molecule has 0 N–H and O–H groups in total. The summed E-state index contributed by atoms with van der Waals surface area (Å²) in [6.07, 6.45) is 1.79. The normalized spacial score (nSPS) is 11.4. The second-order valence-electron chi connectivity index (χ2n) is 5.61. The molecule has 0 radical (unpaired) electrons. The molecule has 0 fully saturated rings. The minimum atomic E-state index is 0.378. The van der Waals surface area contributed by atoms with Crippen LogP contribution < -0.4 is 0 Å². The van der Waals surface area contributed by atoms with Crippen molar-refractivity contribution in [3.05, 3.63) is 84.4 Å². The van der Waals surface area contributed by atoms with Gasteiger partial charge in [-0.25, -0.2) is 0 Å². The molecule has 0 aliphatic heterocycles. The number of rotatable bonds is 3. The largest absolute Gasteiger partial charge is 0.191 e. The molecule has 3 aromatic carbocycles. The van der Waals surface area contributed by atoms with E-state index in [2.05, 4.69) is 28.4 Å². The van der Waals surface area contributed by atoms with Crippen LogP contribution in [-0.4, -0.2) is 15.0 Å². The third-order valence-electron chi connectivity index (χ3n) is 3.94. The molecule has 0 bridgehead atoms. The van der Waals surface area contributed by atoms with Gasteiger partial charge in [-0.15, -0.1) is 15.0 Å². The number of hydrogen-bond acceptors (Lipinski definition) is 3. The van der Waals surface area contributed by atoms with E-state index in [1.807, 2.05) is 66.7 Å². The quantitative estimate of drug-likeness (QED) is 0.517. The van der Waals surface area contributed by atoms with Crippen molar-refractivity contribution in [1.82, 2.24) is 15.0 Å². The highest BCUT2D eigenvalue weighted by Gasteiger charge is 2.06. The van der Waals surface area contributed by atoms with Gasteiger partial charge in [0, 0.05) is 0 Å². The number of fused-ring (bicyclic) bond motifs is 1. The van der Waals surface area contributed by atoms with Gasteiger partial charge in [0.25, 0.3) is 0 Å². The molecule has 0 saturated carbocycles. The molecule has 25 heavy (non-hydrogen) atoms. The monoisotopic (exact) mass is 322 g/mol. The molecule has 1 heterocycles. The molecule has 0 amide bonds. The molecule has 0 aliphatic carbocycles. The second kappa shape index (κ2) is 6.42. The first-order chi connectivity index (χ1) is 12.3. The zero-order valence-electron chi connectivity index (χ0n) is 13.4. The SMILES string of the molecule is N#C/C(=C\c1ccc(-c2ccccc2)cc1)n1nc2ccccc2n1. The van der Waals surface area contributed by atoms with Crippen LogP contribution in [0.15, 0.2) is 78.9 Å². The fraction of sp³-hybridized carbons (Fsp3) is 0. The Morgan fingerprint density at radius 3 is 1.92 bits per heavy atom. The van der Waals surface area contributed by atoms with Gasteiger partial charge in [0.15, 0.2) is 5.70 Å². The van der Waals surface area contributed by atoms with E-state index in [0.29, 0.717) is 5.70 Å². The molecular formula is C21H14N4. The van der Waals surface area contributed by atoms with Crippen LogP contribution in [0.4, 0.5) is 0 Å². The molecule has 0 unspecified atom stereocenters. The van der Waals surface area contributed by atoms with Crippen LogP contribution in [0.5, 0.6) is 0 Å². The third-order valence-corrected chi connectivity index (χ3v) is 3.94. The van der Waals surface area contributed by atoms with Gasteiger partial charge in [-0.2, -0.15) is 5.26 Å². The van der Waals surface area contributed by atoms with E-state index in [-0.39, 0.29) is 0 Å². The molecular weight excluding hydrogens is 308 g/mol. The summed E-state index contributed by atoms with van der Waals surface area (Å²) in [6.45, 7) is 0. The maximum Gasteiger partial charge on any atom is 0.163 e. The third kappa shape index (κ3) is 3.04. The first-order valence-electron chi connectivity index (χ1n) is 7.93. The molecule has 0 aliphatic rings. The Morgan fingerprint density at radius 2 is 1.32 bits per heavy atom. The van der Waals surface area contributed by atoms with Gasteiger partial charge in [0.1, 0.15) is 17.1 Å². The standard InChI is InChI=1S/C21H14N4/c22-15-19(25-23-20-8-4-5-9-21(20)24-25)14-16-10-12-18(13-11-16)17-6-2-1-3-7-17/h1-14H/b19-14+. The predicted molar refractivity (Wildman–Crippen MR) is 99.2 cm³/mol. The first kappa shape index (κ1) is 14.9. The Balaban J connectivity index is 1.67. The average Bonchev–Trinajstić information content (AvgIpc) is 3.11. The number of hydrogen-bond donors (Lipinski definition) is 0. The lowest BCUT2D eigenvalue weighted by Gasteiger charge is -2.02. The molecule has 4 nitrogen and oxygen atoms in total. The van der Waals surface area contributed by atoms with E-state index in [4.69, 9.17) is 0 Å². The summed E-state index contributed by atoms with van der Waals surface area (Å²) in [5.41, 5.74) is 5.14. The van der Waals surface area contributed by atoms with Gasteiger partial charge in [0.05, 0.1) is 0 Å². The minimum Gasteiger partial charge on any atom is -0.191 e. The fourth-order valence-electron chi connectivity index (χ4n) is 2.66. The summed E-state index contributed by atoms with van der Waals surface area (Å²) < 4.78 is 0. The van der Waals surface area contributed by atoms with Crippen molar-refractivity contribution >= 4 is 22.8 Å². The molecule has 1 aromatic heterocycles. The topological polar surface area (TPSA) is 54.5 Å². The number of allylic oxidation sites excluding steroid dienone is 1. The summed E-state index contributed by atoms with van der Waals surface area (Å²) in [4.78, 5) is 1.38. The summed E-state index contributed by atoms with van der Waals surface area (Å²) in [6, 6.07) is 28.0. The number of nitriles is 1. The minimum absolute atomic E-state index is 0.378. The predicted octanol–water partition coefficient (Wildman–Crippen LogP) is 4.62. The van der Waals surface area contributed by atoms with E-state index in [9.17, 15) is 5.26 Å². The molecule has 4 aromatic rings. The Hall–Kier alpha value is -3.71. The van der Waals surface area contributed by atoms with Crippen LogP contribution in [0, 0.1) is 11.3 Å². The molecule has 0 saturated heterocycles. The van der Waals surface area contributed by atoms with E-state index >= 15 is 0 Å². The van der Waals surface area contributed by atoms with Crippen LogP contribution in [0.3, 0.4) is 0 Å². The van der Waals surface area contributed by atoms with E-state index in [1.54, 1.807) is 6.08 Å². The fourth-order valence-corrected chi connectivity index (χ4v) is 2.66. The molecule has 118 valence electrons. The lowest BCUT2D eigenvalue weighted by atomic mass is 10.0. The molecule has 4 rings (SSSR count). The lowest BCUT2D eigenvalue weighted by Crippen LogP contribution is -1.99. The molecule has 0 spiro atoms. The smallest absolute Gasteiger partial charge is 0.163 e. The Kier molecular flexibility index (Phi) is 3.82. The lowest BCUT2D eigenvalue weighted by molar-refractivity contribution is 0.796. The number of nitrogens with zero attached hydrogens (tertiary/aromatic N) is 4. The van der Waals surface area contributed by atoms with Crippen molar-refractivity contribution in [2.75, 3.05) is 0 Å². The molecule has 4 heteroatoms. The van der Waals surface area contributed by atoms with Gasteiger partial charge in [0.2, 0.25) is 0 Å². The van der Waals surface area contributed by atoms with Crippen molar-refractivity contribution in [1.29, 1.82) is 5.26 Å². The zero-order chi connectivity index (χ0) is 17.1. The van der Waals surface area contributed by atoms with Crippen LogP contribution in [0.25, 0.3) is 33.9 Å². The summed E-state index contributed by atoms with van der Waals surface area (Å²) in [5.74, 6) is 0. The van der Waals surface area contributed by atoms with Crippen LogP contribution >= 0.6 is 0 Å². The highest BCUT2D eigenvalue weighted by Crippen LogP contribution is 2.21. The van der Waals surface area contributed by atoms with Crippen molar-refractivity contribution in [3.8, 4) is 17.2 Å². The first-order valence-corrected chi connectivity index (χ1v) is 7.93. The highest BCUT2D eigenvalue weighted by atomic mass is 15.5. The summed E-state index contributed by atoms with van der Waals surface area (Å²) in [7, 11) is 0. The van der Waals surface area contributed by atoms with Crippen LogP contribution in [0.2, 0.25) is 0 Å². The number of benzene rings is 3. The van der Waals surface area contributed by atoms with E-state index in [1.165, 1.54) is 10.4 Å². The van der Waals surface area contributed by atoms with Crippen LogP contribution in [-0.2, 0) is 0 Å². The van der Waals surface area contributed by atoms with Gasteiger partial charge in [-0.1, -0.05) is 66.7 Å². The summed E-state index contributed by atoms with van der Waals surface area (Å²) in [5, 5.41) is 18.2.